The van der Waals surface area contributed by atoms with Gasteiger partial charge in [0.1, 0.15) is 6.04 Å². The molecule has 3 N–H and O–H groups in total. The number of aromatic nitrogens is 2. The maximum Gasteiger partial charge on any atom is 0.246 e. The Balaban J connectivity index is 1.57. The lowest BCUT2D eigenvalue weighted by Crippen LogP contribution is -2.36. The quantitative estimate of drug-likeness (QED) is 0.208. The molecule has 0 fully saturated rings. The van der Waals surface area contributed by atoms with E-state index >= 15 is 0 Å². The molecule has 2 amide bonds. The Morgan fingerprint density at radius 3 is 2.54 bits per heavy atom. The van der Waals surface area contributed by atoms with Crippen molar-refractivity contribution in [2.75, 3.05) is 44.0 Å². The summed E-state index contributed by atoms with van der Waals surface area (Å²) < 4.78 is 19.1. The third kappa shape index (κ3) is 6.62. The lowest BCUT2D eigenvalue weighted by Gasteiger charge is -2.19. The Bertz CT molecular complexity index is 1840. The minimum Gasteiger partial charge on any atom is -0.493 e. The Morgan fingerprint density at radius 1 is 1.07 bits per heavy atom. The van der Waals surface area contributed by atoms with Gasteiger partial charge in [-0.25, -0.2) is 4.98 Å². The number of carbonyl (C=O) groups excluding carboxylic acids is 2. The number of hydrogen-bond donors (Lipinski definition) is 3. The number of benzene rings is 2. The van der Waals surface area contributed by atoms with Crippen LogP contribution in [0.2, 0.25) is 0 Å². The van der Waals surface area contributed by atoms with Gasteiger partial charge in [0.15, 0.2) is 11.5 Å². The molecule has 1 aliphatic carbocycles. The maximum absolute atomic E-state index is 13.9. The Kier molecular flexibility index (Phi) is 10.1. The van der Waals surface area contributed by atoms with E-state index in [0.29, 0.717) is 59.1 Å². The number of nitrogens with one attached hydrogen (secondary N) is 3. The number of aryl methyl sites for hydroxylation is 2. The molecular formula is C34H39N5O6S. The molecule has 0 saturated carbocycles. The normalized spacial score (nSPS) is 14.3. The number of fused-ring (bicyclic) bond motifs is 4. The summed E-state index contributed by atoms with van der Waals surface area (Å²) in [4.78, 5) is 44.1. The van der Waals surface area contributed by atoms with Gasteiger partial charge >= 0.3 is 0 Å². The van der Waals surface area contributed by atoms with Crippen molar-refractivity contribution in [3.63, 3.8) is 0 Å². The van der Waals surface area contributed by atoms with Crippen molar-refractivity contribution in [3.8, 4) is 28.4 Å². The molecule has 0 unspecified atom stereocenters. The fourth-order valence-electron chi connectivity index (χ4n) is 5.96. The van der Waals surface area contributed by atoms with Crippen molar-refractivity contribution in [1.82, 2.24) is 14.9 Å². The highest BCUT2D eigenvalue weighted by molar-refractivity contribution is 7.98. The third-order valence-electron chi connectivity index (χ3n) is 8.17. The zero-order chi connectivity index (χ0) is 33.0. The topological polar surface area (TPSA) is 133 Å². The monoisotopic (exact) mass is 645 g/mol. The molecule has 0 bridgehead atoms. The summed E-state index contributed by atoms with van der Waals surface area (Å²) in [5, 5.41) is 9.24. The van der Waals surface area contributed by atoms with E-state index in [1.807, 2.05) is 48.2 Å². The predicted octanol–water partition coefficient (Wildman–Crippen LogP) is 4.92. The van der Waals surface area contributed by atoms with Gasteiger partial charge in [0.25, 0.3) is 0 Å². The van der Waals surface area contributed by atoms with Gasteiger partial charge in [-0.2, -0.15) is 11.8 Å². The van der Waals surface area contributed by atoms with Crippen LogP contribution in [0.4, 0.5) is 11.4 Å². The second-order valence-corrected chi connectivity index (χ2v) is 12.1. The van der Waals surface area contributed by atoms with E-state index in [-0.39, 0.29) is 22.9 Å². The van der Waals surface area contributed by atoms with E-state index in [4.69, 9.17) is 14.2 Å². The number of thioether (sulfide) groups is 1. The van der Waals surface area contributed by atoms with Crippen LogP contribution in [0.3, 0.4) is 0 Å². The zero-order valence-electron chi connectivity index (χ0n) is 26.9. The van der Waals surface area contributed by atoms with Crippen LogP contribution in [0.5, 0.6) is 17.2 Å². The van der Waals surface area contributed by atoms with E-state index in [0.717, 1.165) is 22.2 Å². The van der Waals surface area contributed by atoms with Crippen molar-refractivity contribution < 1.29 is 23.8 Å². The fraction of sp³-hybridized carbons (Fsp3) is 0.353. The van der Waals surface area contributed by atoms with Crippen LogP contribution in [0.25, 0.3) is 22.2 Å². The van der Waals surface area contributed by atoms with Gasteiger partial charge in [-0.05, 0) is 84.4 Å². The number of amides is 2. The number of nitrogens with zero attached hydrogens (tertiary/aromatic N) is 2. The molecule has 0 radical (unpaired) electrons. The fourth-order valence-corrected chi connectivity index (χ4v) is 6.43. The average Bonchev–Trinajstić information content (AvgIpc) is 3.25. The molecular weight excluding hydrogens is 606 g/mol. The van der Waals surface area contributed by atoms with Gasteiger partial charge in [0.2, 0.25) is 23.0 Å². The van der Waals surface area contributed by atoms with E-state index in [1.54, 1.807) is 51.6 Å². The van der Waals surface area contributed by atoms with E-state index < -0.39 is 12.1 Å². The van der Waals surface area contributed by atoms with Crippen LogP contribution in [-0.4, -0.2) is 60.7 Å². The number of hydrogen-bond acceptors (Lipinski definition) is 9. The molecule has 3 aromatic carbocycles. The van der Waals surface area contributed by atoms with Crippen LogP contribution < -0.4 is 35.6 Å². The Labute approximate surface area is 272 Å². The van der Waals surface area contributed by atoms with Crippen molar-refractivity contribution in [1.29, 1.82) is 0 Å². The number of ether oxygens (including phenoxy) is 3. The molecule has 0 aliphatic heterocycles. The van der Waals surface area contributed by atoms with Gasteiger partial charge < -0.3 is 34.7 Å². The molecule has 1 aromatic heterocycles. The van der Waals surface area contributed by atoms with Crippen molar-refractivity contribution in [2.24, 2.45) is 7.05 Å². The second-order valence-electron chi connectivity index (χ2n) is 11.1. The highest BCUT2D eigenvalue weighted by Crippen LogP contribution is 2.50. The first-order valence-corrected chi connectivity index (χ1v) is 16.3. The van der Waals surface area contributed by atoms with E-state index in [2.05, 4.69) is 20.9 Å². The SMILES string of the molecule is COc1cc2c(c(OC)c1OC)-c1ccc(N[C@@H](CCSC)C(=O)Nc3ccc4c(c3)ncn4C)c(=O)cc1[C@@H](NC(C)=O)CC2. The first kappa shape index (κ1) is 32.7. The van der Waals surface area contributed by atoms with Crippen LogP contribution in [-0.2, 0) is 23.1 Å². The van der Waals surface area contributed by atoms with Gasteiger partial charge in [-0.1, -0.05) is 6.07 Å². The molecule has 46 heavy (non-hydrogen) atoms. The minimum atomic E-state index is -0.695. The number of carbonyl (C=O) groups is 2. The summed E-state index contributed by atoms with van der Waals surface area (Å²) >= 11 is 1.62. The lowest BCUT2D eigenvalue weighted by atomic mass is 9.95. The van der Waals surface area contributed by atoms with Crippen molar-refractivity contribution >= 4 is 46.0 Å². The largest absolute Gasteiger partial charge is 0.493 e. The maximum atomic E-state index is 13.9. The Hall–Kier alpha value is -4.71. The molecule has 242 valence electrons. The van der Waals surface area contributed by atoms with Crippen molar-refractivity contribution in [3.05, 3.63) is 70.1 Å². The molecule has 1 aliphatic rings. The second kappa shape index (κ2) is 14.2. The first-order valence-electron chi connectivity index (χ1n) is 14.9. The van der Waals surface area contributed by atoms with Gasteiger partial charge in [0.05, 0.1) is 50.4 Å². The summed E-state index contributed by atoms with van der Waals surface area (Å²) in [5.41, 5.74) is 5.33. The molecule has 12 heteroatoms. The standard InChI is InChI=1S/C34H39N5O6S/c1-19(40)36-24-10-7-20-15-30(43-3)32(44-4)33(45-5)31(20)22-9-11-25(29(41)17-23(22)24)38-26(13-14-46-6)34(42)37-21-8-12-28-27(16-21)35-18-39(28)2/h8-9,11-12,15-18,24,26H,7,10,13-14H2,1-6H3,(H,36,40)(H,37,42)(H,38,41)/t24-,26-/m0/s1. The summed E-state index contributed by atoms with van der Waals surface area (Å²) in [6.07, 6.45) is 5.32. The average molecular weight is 646 g/mol. The highest BCUT2D eigenvalue weighted by Gasteiger charge is 2.30. The van der Waals surface area contributed by atoms with Gasteiger partial charge in [-0.15, -0.1) is 0 Å². The summed E-state index contributed by atoms with van der Waals surface area (Å²) in [6, 6.07) is 11.4. The van der Waals surface area contributed by atoms with E-state index in [9.17, 15) is 14.4 Å². The predicted molar refractivity (Wildman–Crippen MR) is 182 cm³/mol. The highest BCUT2D eigenvalue weighted by atomic mass is 32.2. The molecule has 0 saturated heterocycles. The molecule has 5 rings (SSSR count). The lowest BCUT2D eigenvalue weighted by molar-refractivity contribution is -0.120. The zero-order valence-corrected chi connectivity index (χ0v) is 27.7. The minimum absolute atomic E-state index is 0.209. The smallest absolute Gasteiger partial charge is 0.246 e. The summed E-state index contributed by atoms with van der Waals surface area (Å²) in [7, 11) is 6.58. The molecule has 2 atom stereocenters. The summed E-state index contributed by atoms with van der Waals surface area (Å²) in [6.45, 7) is 1.46. The van der Waals surface area contributed by atoms with Crippen LogP contribution in [0, 0.1) is 0 Å². The number of rotatable bonds is 11. The summed E-state index contributed by atoms with van der Waals surface area (Å²) in [5.74, 6) is 1.64. The molecule has 11 nitrogen and oxygen atoms in total. The first-order chi connectivity index (χ1) is 22.2. The number of methoxy groups -OCH3 is 3. The molecule has 0 spiro atoms. The van der Waals surface area contributed by atoms with Gasteiger partial charge in [0, 0.05) is 25.2 Å². The van der Waals surface area contributed by atoms with Gasteiger partial charge in [-0.3, -0.25) is 14.4 Å². The molecule has 4 aromatic rings. The Morgan fingerprint density at radius 2 is 1.85 bits per heavy atom. The van der Waals surface area contributed by atoms with Crippen LogP contribution in [0.15, 0.2) is 53.6 Å². The van der Waals surface area contributed by atoms with Crippen molar-refractivity contribution in [2.45, 2.75) is 38.3 Å². The third-order valence-corrected chi connectivity index (χ3v) is 8.81. The van der Waals surface area contributed by atoms with Crippen LogP contribution >= 0.6 is 11.8 Å². The molecule has 1 heterocycles. The van der Waals surface area contributed by atoms with Crippen LogP contribution in [0.1, 0.15) is 36.9 Å². The number of imidazole rings is 1. The number of anilines is 2. The van der Waals surface area contributed by atoms with E-state index in [1.165, 1.54) is 6.92 Å².